The van der Waals surface area contributed by atoms with E-state index >= 15 is 0 Å². The molecule has 2 N–H and O–H groups in total. The zero-order valence-electron chi connectivity index (χ0n) is 15.7. The SMILES string of the molecule is Cc1ccc(NS(=O)(=O)c2ccc(N3CCNCC3)c3ccccc23)cc1.Cl. The Morgan fingerprint density at radius 1 is 0.893 bits per heavy atom. The van der Waals surface area contributed by atoms with E-state index in [1.54, 1.807) is 18.2 Å². The molecule has 0 unspecified atom stereocenters. The number of aryl methyl sites for hydroxylation is 1. The highest BCUT2D eigenvalue weighted by Crippen LogP contribution is 2.32. The third kappa shape index (κ3) is 4.09. The molecule has 1 aliphatic rings. The van der Waals surface area contributed by atoms with Crippen LogP contribution in [0.2, 0.25) is 0 Å². The monoisotopic (exact) mass is 417 g/mol. The van der Waals surface area contributed by atoms with Gasteiger partial charge in [0.15, 0.2) is 0 Å². The number of hydrogen-bond donors (Lipinski definition) is 2. The first-order valence-electron chi connectivity index (χ1n) is 9.11. The summed E-state index contributed by atoms with van der Waals surface area (Å²) in [6.45, 7) is 5.67. The highest BCUT2D eigenvalue weighted by molar-refractivity contribution is 7.93. The maximum absolute atomic E-state index is 13.1. The molecular weight excluding hydrogens is 394 g/mol. The van der Waals surface area contributed by atoms with Crippen molar-refractivity contribution in [2.75, 3.05) is 35.8 Å². The van der Waals surface area contributed by atoms with Crippen LogP contribution in [0.4, 0.5) is 11.4 Å². The van der Waals surface area contributed by atoms with Gasteiger partial charge < -0.3 is 10.2 Å². The van der Waals surface area contributed by atoms with Gasteiger partial charge in [-0.25, -0.2) is 8.42 Å². The van der Waals surface area contributed by atoms with Crippen LogP contribution >= 0.6 is 12.4 Å². The Labute approximate surface area is 172 Å². The van der Waals surface area contributed by atoms with Crippen molar-refractivity contribution >= 4 is 44.6 Å². The van der Waals surface area contributed by atoms with E-state index in [1.807, 2.05) is 49.4 Å². The van der Waals surface area contributed by atoms with Gasteiger partial charge in [0, 0.05) is 48.3 Å². The van der Waals surface area contributed by atoms with Crippen LogP contribution in [0.25, 0.3) is 10.8 Å². The highest BCUT2D eigenvalue weighted by atomic mass is 35.5. The van der Waals surface area contributed by atoms with Crippen molar-refractivity contribution in [2.45, 2.75) is 11.8 Å². The molecule has 1 fully saturated rings. The number of fused-ring (bicyclic) bond motifs is 1. The molecule has 0 aromatic heterocycles. The number of sulfonamides is 1. The molecule has 4 rings (SSSR count). The first-order valence-corrected chi connectivity index (χ1v) is 10.6. The minimum Gasteiger partial charge on any atom is -0.368 e. The van der Waals surface area contributed by atoms with E-state index in [2.05, 4.69) is 14.9 Å². The standard InChI is InChI=1S/C21H23N3O2S.ClH/c1-16-6-8-17(9-7-16)23-27(25,26)21-11-10-20(24-14-12-22-13-15-24)18-4-2-3-5-19(18)21;/h2-11,22-23H,12-15H2,1H3;1H. The van der Waals surface area contributed by atoms with Gasteiger partial charge in [0.2, 0.25) is 0 Å². The van der Waals surface area contributed by atoms with Crippen LogP contribution in [-0.4, -0.2) is 34.6 Å². The summed E-state index contributed by atoms with van der Waals surface area (Å²) in [5.41, 5.74) is 2.74. The molecule has 148 valence electrons. The second-order valence-corrected chi connectivity index (χ2v) is 8.49. The number of piperazine rings is 1. The fraction of sp³-hybridized carbons (Fsp3) is 0.238. The molecule has 0 saturated carbocycles. The number of hydrogen-bond acceptors (Lipinski definition) is 4. The highest BCUT2D eigenvalue weighted by Gasteiger charge is 2.21. The topological polar surface area (TPSA) is 61.4 Å². The Hall–Kier alpha value is -2.28. The maximum Gasteiger partial charge on any atom is 0.262 e. The Balaban J connectivity index is 0.00000225. The third-order valence-electron chi connectivity index (χ3n) is 4.91. The smallest absolute Gasteiger partial charge is 0.262 e. The summed E-state index contributed by atoms with van der Waals surface area (Å²) in [6, 6.07) is 18.7. The fourth-order valence-corrected chi connectivity index (χ4v) is 4.77. The van der Waals surface area contributed by atoms with Crippen LogP contribution in [0.1, 0.15) is 5.56 Å². The van der Waals surface area contributed by atoms with E-state index in [-0.39, 0.29) is 12.4 Å². The van der Waals surface area contributed by atoms with E-state index in [9.17, 15) is 8.42 Å². The van der Waals surface area contributed by atoms with Gasteiger partial charge >= 0.3 is 0 Å². The largest absolute Gasteiger partial charge is 0.368 e. The molecule has 0 spiro atoms. The summed E-state index contributed by atoms with van der Waals surface area (Å²) in [5.74, 6) is 0. The average Bonchev–Trinajstić information content (AvgIpc) is 2.69. The number of anilines is 2. The molecule has 1 aliphatic heterocycles. The lowest BCUT2D eigenvalue weighted by molar-refractivity contribution is 0.590. The quantitative estimate of drug-likeness (QED) is 0.678. The van der Waals surface area contributed by atoms with Crippen LogP contribution in [0.5, 0.6) is 0 Å². The predicted octanol–water partition coefficient (Wildman–Crippen LogP) is 3.78. The molecule has 0 amide bonds. The van der Waals surface area contributed by atoms with Gasteiger partial charge in [-0.05, 0) is 31.2 Å². The van der Waals surface area contributed by atoms with Crippen LogP contribution in [0.3, 0.4) is 0 Å². The zero-order valence-corrected chi connectivity index (χ0v) is 17.3. The summed E-state index contributed by atoms with van der Waals surface area (Å²) in [5, 5.41) is 5.06. The maximum atomic E-state index is 13.1. The molecule has 5 nitrogen and oxygen atoms in total. The van der Waals surface area contributed by atoms with Crippen LogP contribution in [-0.2, 0) is 10.0 Å². The van der Waals surface area contributed by atoms with Crippen molar-refractivity contribution < 1.29 is 8.42 Å². The molecule has 0 bridgehead atoms. The molecule has 3 aromatic rings. The first kappa shape index (κ1) is 20.5. The van der Waals surface area contributed by atoms with Crippen molar-refractivity contribution in [1.82, 2.24) is 5.32 Å². The van der Waals surface area contributed by atoms with E-state index in [0.29, 0.717) is 10.6 Å². The molecule has 0 atom stereocenters. The number of nitrogens with zero attached hydrogens (tertiary/aromatic N) is 1. The molecule has 3 aromatic carbocycles. The molecule has 28 heavy (non-hydrogen) atoms. The Morgan fingerprint density at radius 3 is 2.21 bits per heavy atom. The van der Waals surface area contributed by atoms with Crippen LogP contribution in [0.15, 0.2) is 65.6 Å². The molecule has 0 radical (unpaired) electrons. The van der Waals surface area contributed by atoms with Gasteiger partial charge in [-0.15, -0.1) is 12.4 Å². The Morgan fingerprint density at radius 2 is 1.54 bits per heavy atom. The summed E-state index contributed by atoms with van der Waals surface area (Å²) in [6.07, 6.45) is 0. The minimum atomic E-state index is -3.68. The van der Waals surface area contributed by atoms with Gasteiger partial charge in [0.25, 0.3) is 10.0 Å². The number of halogens is 1. The average molecular weight is 418 g/mol. The summed E-state index contributed by atoms with van der Waals surface area (Å²) in [7, 11) is -3.68. The van der Waals surface area contributed by atoms with Gasteiger partial charge in [0.05, 0.1) is 4.90 Å². The molecular formula is C21H24ClN3O2S. The van der Waals surface area contributed by atoms with Gasteiger partial charge in [-0.3, -0.25) is 4.72 Å². The minimum absolute atomic E-state index is 0. The lowest BCUT2D eigenvalue weighted by Crippen LogP contribution is -2.43. The number of benzene rings is 3. The van der Waals surface area contributed by atoms with Gasteiger partial charge in [0.1, 0.15) is 0 Å². The number of rotatable bonds is 4. The lowest BCUT2D eigenvalue weighted by atomic mass is 10.1. The van der Waals surface area contributed by atoms with Crippen molar-refractivity contribution in [3.8, 4) is 0 Å². The second kappa shape index (κ2) is 8.39. The van der Waals surface area contributed by atoms with Gasteiger partial charge in [-0.1, -0.05) is 42.0 Å². The van der Waals surface area contributed by atoms with Crippen molar-refractivity contribution in [3.05, 3.63) is 66.2 Å². The summed E-state index contributed by atoms with van der Waals surface area (Å²) < 4.78 is 28.8. The molecule has 7 heteroatoms. The molecule has 0 aliphatic carbocycles. The second-order valence-electron chi connectivity index (χ2n) is 6.84. The summed E-state index contributed by atoms with van der Waals surface area (Å²) >= 11 is 0. The first-order chi connectivity index (χ1) is 13.0. The Kier molecular flexibility index (Phi) is 6.13. The van der Waals surface area contributed by atoms with Gasteiger partial charge in [-0.2, -0.15) is 0 Å². The lowest BCUT2D eigenvalue weighted by Gasteiger charge is -2.30. The zero-order chi connectivity index (χ0) is 18.9. The molecule has 1 saturated heterocycles. The predicted molar refractivity (Wildman–Crippen MR) is 118 cm³/mol. The Bertz CT molecular complexity index is 1060. The van der Waals surface area contributed by atoms with Crippen molar-refractivity contribution in [3.63, 3.8) is 0 Å². The fourth-order valence-electron chi connectivity index (χ4n) is 3.50. The van der Waals surface area contributed by atoms with E-state index in [1.165, 1.54) is 0 Å². The normalized spacial score (nSPS) is 14.5. The van der Waals surface area contributed by atoms with Crippen molar-refractivity contribution in [2.24, 2.45) is 0 Å². The van der Waals surface area contributed by atoms with E-state index in [0.717, 1.165) is 48.2 Å². The van der Waals surface area contributed by atoms with Crippen molar-refractivity contribution in [1.29, 1.82) is 0 Å². The third-order valence-corrected chi connectivity index (χ3v) is 6.35. The number of nitrogens with one attached hydrogen (secondary N) is 2. The van der Waals surface area contributed by atoms with E-state index < -0.39 is 10.0 Å². The summed E-state index contributed by atoms with van der Waals surface area (Å²) in [4.78, 5) is 2.61. The molecule has 1 heterocycles. The van der Waals surface area contributed by atoms with E-state index in [4.69, 9.17) is 0 Å². The van der Waals surface area contributed by atoms with Crippen LogP contribution < -0.4 is 14.9 Å². The van der Waals surface area contributed by atoms with Crippen LogP contribution in [0, 0.1) is 6.92 Å².